The first-order chi connectivity index (χ1) is 4.59. The SMILES string of the molecule is CCO[C@H](C)C(=O)C(O)O. The van der Waals surface area contributed by atoms with Crippen molar-refractivity contribution in [3.8, 4) is 0 Å². The van der Waals surface area contributed by atoms with E-state index in [4.69, 9.17) is 14.9 Å². The van der Waals surface area contributed by atoms with Gasteiger partial charge in [0, 0.05) is 6.61 Å². The zero-order valence-corrected chi connectivity index (χ0v) is 6.07. The molecule has 0 radical (unpaired) electrons. The van der Waals surface area contributed by atoms with Gasteiger partial charge in [0.05, 0.1) is 0 Å². The van der Waals surface area contributed by atoms with E-state index in [1.807, 2.05) is 0 Å². The van der Waals surface area contributed by atoms with Crippen LogP contribution in [0.15, 0.2) is 0 Å². The van der Waals surface area contributed by atoms with Crippen LogP contribution in [-0.2, 0) is 9.53 Å². The van der Waals surface area contributed by atoms with Gasteiger partial charge in [0.2, 0.25) is 12.1 Å². The molecule has 0 aromatic carbocycles. The van der Waals surface area contributed by atoms with Crippen LogP contribution in [0.2, 0.25) is 0 Å². The molecule has 0 aromatic heterocycles. The van der Waals surface area contributed by atoms with Gasteiger partial charge in [-0.25, -0.2) is 0 Å². The fourth-order valence-corrected chi connectivity index (χ4v) is 0.542. The minimum absolute atomic E-state index is 0.389. The molecular formula is C6H12O4. The topological polar surface area (TPSA) is 66.8 Å². The maximum absolute atomic E-state index is 10.6. The highest BCUT2D eigenvalue weighted by Crippen LogP contribution is 1.94. The number of Topliss-reactive ketones (excluding diaryl/α,β-unsaturated/α-hetero) is 1. The largest absolute Gasteiger partial charge is 0.371 e. The fraction of sp³-hybridized carbons (Fsp3) is 0.833. The van der Waals surface area contributed by atoms with E-state index in [1.165, 1.54) is 6.92 Å². The Morgan fingerprint density at radius 1 is 1.60 bits per heavy atom. The van der Waals surface area contributed by atoms with E-state index >= 15 is 0 Å². The maximum atomic E-state index is 10.6. The summed E-state index contributed by atoms with van der Waals surface area (Å²) in [5, 5.41) is 16.7. The first-order valence-corrected chi connectivity index (χ1v) is 3.11. The lowest BCUT2D eigenvalue weighted by Gasteiger charge is -2.10. The second-order valence-electron chi connectivity index (χ2n) is 1.87. The Kier molecular flexibility index (Phi) is 4.18. The molecule has 1 atom stereocenters. The third-order valence-electron chi connectivity index (χ3n) is 1.07. The van der Waals surface area contributed by atoms with Gasteiger partial charge < -0.3 is 14.9 Å². The highest BCUT2D eigenvalue weighted by molar-refractivity contribution is 5.85. The van der Waals surface area contributed by atoms with E-state index in [0.717, 1.165) is 0 Å². The number of carbonyl (C=O) groups excluding carboxylic acids is 1. The molecule has 0 heterocycles. The number of aliphatic hydroxyl groups excluding tert-OH is 1. The molecule has 0 bridgehead atoms. The maximum Gasteiger partial charge on any atom is 0.216 e. The predicted octanol–water partition coefficient (Wildman–Crippen LogP) is -0.709. The van der Waals surface area contributed by atoms with E-state index in [0.29, 0.717) is 6.61 Å². The summed E-state index contributed by atoms with van der Waals surface area (Å²) in [4.78, 5) is 10.6. The standard InChI is InChI=1S/C6H12O4/c1-3-10-4(2)5(7)6(8)9/h4,6,8-9H,3H2,1-2H3/t4-/m1/s1. The molecule has 0 aromatic rings. The Hall–Kier alpha value is -0.450. The second kappa shape index (κ2) is 4.38. The fourth-order valence-electron chi connectivity index (χ4n) is 0.542. The van der Waals surface area contributed by atoms with Crippen molar-refractivity contribution in [3.63, 3.8) is 0 Å². The van der Waals surface area contributed by atoms with Gasteiger partial charge in [-0.3, -0.25) is 4.79 Å². The average molecular weight is 148 g/mol. The monoisotopic (exact) mass is 148 g/mol. The van der Waals surface area contributed by atoms with Crippen LogP contribution < -0.4 is 0 Å². The molecule has 4 nitrogen and oxygen atoms in total. The van der Waals surface area contributed by atoms with Crippen molar-refractivity contribution in [2.45, 2.75) is 26.2 Å². The van der Waals surface area contributed by atoms with Crippen LogP contribution in [0.5, 0.6) is 0 Å². The summed E-state index contributed by atoms with van der Waals surface area (Å²) in [5.74, 6) is -0.707. The van der Waals surface area contributed by atoms with Gasteiger partial charge in [-0.1, -0.05) is 0 Å². The second-order valence-corrected chi connectivity index (χ2v) is 1.87. The number of ketones is 1. The van der Waals surface area contributed by atoms with Crippen LogP contribution in [0.25, 0.3) is 0 Å². The number of carbonyl (C=O) groups is 1. The Morgan fingerprint density at radius 2 is 2.10 bits per heavy atom. The Morgan fingerprint density at radius 3 is 2.40 bits per heavy atom. The van der Waals surface area contributed by atoms with E-state index in [9.17, 15) is 4.79 Å². The molecule has 0 aliphatic carbocycles. The molecule has 0 aliphatic rings. The number of aliphatic hydroxyl groups is 2. The molecule has 0 fully saturated rings. The van der Waals surface area contributed by atoms with Crippen LogP contribution in [0.1, 0.15) is 13.8 Å². The van der Waals surface area contributed by atoms with Gasteiger partial charge in [0.25, 0.3) is 0 Å². The molecule has 0 unspecified atom stereocenters. The van der Waals surface area contributed by atoms with Crippen molar-refractivity contribution in [3.05, 3.63) is 0 Å². The quantitative estimate of drug-likeness (QED) is 0.517. The van der Waals surface area contributed by atoms with Crippen LogP contribution in [-0.4, -0.2) is 35.0 Å². The van der Waals surface area contributed by atoms with Crippen LogP contribution in [0, 0.1) is 0 Å². The summed E-state index contributed by atoms with van der Waals surface area (Å²) in [6.07, 6.45) is -2.65. The van der Waals surface area contributed by atoms with E-state index in [-0.39, 0.29) is 0 Å². The van der Waals surface area contributed by atoms with Gasteiger partial charge in [-0.05, 0) is 13.8 Å². The molecular weight excluding hydrogens is 136 g/mol. The zero-order valence-electron chi connectivity index (χ0n) is 6.07. The first-order valence-electron chi connectivity index (χ1n) is 3.11. The third-order valence-corrected chi connectivity index (χ3v) is 1.07. The van der Waals surface area contributed by atoms with Gasteiger partial charge >= 0.3 is 0 Å². The van der Waals surface area contributed by atoms with Gasteiger partial charge in [0.1, 0.15) is 6.10 Å². The smallest absolute Gasteiger partial charge is 0.216 e. The Labute approximate surface area is 59.4 Å². The van der Waals surface area contributed by atoms with Crippen LogP contribution in [0.4, 0.5) is 0 Å². The lowest BCUT2D eigenvalue weighted by molar-refractivity contribution is -0.155. The van der Waals surface area contributed by atoms with Crippen molar-refractivity contribution in [2.24, 2.45) is 0 Å². The zero-order chi connectivity index (χ0) is 8.15. The van der Waals surface area contributed by atoms with Crippen molar-refractivity contribution in [2.75, 3.05) is 6.61 Å². The van der Waals surface area contributed by atoms with E-state index in [2.05, 4.69) is 0 Å². The van der Waals surface area contributed by atoms with E-state index in [1.54, 1.807) is 6.92 Å². The first kappa shape index (κ1) is 9.55. The van der Waals surface area contributed by atoms with Gasteiger partial charge in [0.15, 0.2) is 0 Å². The molecule has 4 heteroatoms. The van der Waals surface area contributed by atoms with Crippen molar-refractivity contribution in [1.82, 2.24) is 0 Å². The lowest BCUT2D eigenvalue weighted by atomic mass is 10.2. The van der Waals surface area contributed by atoms with Crippen LogP contribution in [0.3, 0.4) is 0 Å². The molecule has 10 heavy (non-hydrogen) atoms. The highest BCUT2D eigenvalue weighted by atomic mass is 16.5. The summed E-state index contributed by atoms with van der Waals surface area (Å²) in [7, 11) is 0. The molecule has 2 N–H and O–H groups in total. The third kappa shape index (κ3) is 2.91. The molecule has 0 aliphatic heterocycles. The molecule has 60 valence electrons. The van der Waals surface area contributed by atoms with Crippen molar-refractivity contribution >= 4 is 5.78 Å². The minimum Gasteiger partial charge on any atom is -0.371 e. The van der Waals surface area contributed by atoms with Crippen molar-refractivity contribution < 1.29 is 19.7 Å². The lowest BCUT2D eigenvalue weighted by Crippen LogP contribution is -2.31. The summed E-state index contributed by atoms with van der Waals surface area (Å²) in [5.41, 5.74) is 0. The molecule has 0 saturated heterocycles. The van der Waals surface area contributed by atoms with Gasteiger partial charge in [-0.15, -0.1) is 0 Å². The van der Waals surface area contributed by atoms with Gasteiger partial charge in [-0.2, -0.15) is 0 Å². The summed E-state index contributed by atoms with van der Waals surface area (Å²) >= 11 is 0. The predicted molar refractivity (Wildman–Crippen MR) is 34.3 cm³/mol. The number of hydrogen-bond donors (Lipinski definition) is 2. The molecule has 0 amide bonds. The highest BCUT2D eigenvalue weighted by Gasteiger charge is 2.18. The average Bonchev–Trinajstić information content (AvgIpc) is 1.87. The summed E-state index contributed by atoms with van der Waals surface area (Å²) < 4.78 is 4.80. The Bertz CT molecular complexity index is 110. The van der Waals surface area contributed by atoms with E-state index < -0.39 is 18.2 Å². The number of hydrogen-bond acceptors (Lipinski definition) is 4. The molecule has 0 rings (SSSR count). The number of rotatable bonds is 4. The normalized spacial score (nSPS) is 13.7. The summed E-state index contributed by atoms with van der Waals surface area (Å²) in [6.45, 7) is 3.60. The molecule has 0 saturated carbocycles. The molecule has 0 spiro atoms. The Balaban J connectivity index is 3.71. The summed E-state index contributed by atoms with van der Waals surface area (Å²) in [6, 6.07) is 0. The minimum atomic E-state index is -1.92. The van der Waals surface area contributed by atoms with Crippen molar-refractivity contribution in [1.29, 1.82) is 0 Å². The van der Waals surface area contributed by atoms with Crippen LogP contribution >= 0.6 is 0 Å². The number of ether oxygens (including phenoxy) is 1.